The second-order valence-corrected chi connectivity index (χ2v) is 5.35. The number of fused-ring (bicyclic) bond motifs is 1. The van der Waals surface area contributed by atoms with Gasteiger partial charge in [0.25, 0.3) is 0 Å². The Labute approximate surface area is 118 Å². The molecule has 1 aliphatic carbocycles. The Morgan fingerprint density at radius 2 is 1.89 bits per heavy atom. The number of hydrogen-bond donors (Lipinski definition) is 1. The second-order valence-electron chi connectivity index (χ2n) is 4.92. The molecule has 0 saturated carbocycles. The number of nitrogens with two attached hydrogens (primary N) is 1. The van der Waals surface area contributed by atoms with Gasteiger partial charge in [-0.2, -0.15) is 0 Å². The monoisotopic (exact) mass is 273 g/mol. The third-order valence-electron chi connectivity index (χ3n) is 3.57. The van der Waals surface area contributed by atoms with E-state index in [4.69, 9.17) is 22.1 Å². The topological polar surface area (TPSA) is 35.2 Å². The predicted molar refractivity (Wildman–Crippen MR) is 78.7 cm³/mol. The van der Waals surface area contributed by atoms with Gasteiger partial charge in [-0.1, -0.05) is 17.7 Å². The molecule has 0 bridgehead atoms. The lowest BCUT2D eigenvalue weighted by atomic mass is 10.1. The van der Waals surface area contributed by atoms with E-state index in [0.29, 0.717) is 17.3 Å². The van der Waals surface area contributed by atoms with Gasteiger partial charge in [-0.15, -0.1) is 0 Å². The van der Waals surface area contributed by atoms with Gasteiger partial charge in [0.1, 0.15) is 12.4 Å². The van der Waals surface area contributed by atoms with E-state index in [1.54, 1.807) is 6.07 Å². The van der Waals surface area contributed by atoms with Crippen LogP contribution in [0.15, 0.2) is 36.4 Å². The van der Waals surface area contributed by atoms with Crippen molar-refractivity contribution in [2.45, 2.75) is 25.9 Å². The molecule has 0 saturated heterocycles. The summed E-state index contributed by atoms with van der Waals surface area (Å²) in [6.45, 7) is 0.450. The summed E-state index contributed by atoms with van der Waals surface area (Å²) in [6, 6.07) is 11.8. The Morgan fingerprint density at radius 1 is 1.05 bits per heavy atom. The van der Waals surface area contributed by atoms with E-state index in [9.17, 15) is 0 Å². The highest BCUT2D eigenvalue weighted by molar-refractivity contribution is 6.30. The summed E-state index contributed by atoms with van der Waals surface area (Å²) in [5.41, 5.74) is 10.4. The normalized spacial score (nSPS) is 13.3. The number of hydrogen-bond acceptors (Lipinski definition) is 2. The maximum atomic E-state index is 5.96. The van der Waals surface area contributed by atoms with Gasteiger partial charge in [0, 0.05) is 16.3 Å². The van der Waals surface area contributed by atoms with Crippen LogP contribution in [0.25, 0.3) is 0 Å². The average Bonchev–Trinajstić information content (AvgIpc) is 2.87. The van der Waals surface area contributed by atoms with Crippen molar-refractivity contribution < 1.29 is 4.74 Å². The maximum Gasteiger partial charge on any atom is 0.120 e. The van der Waals surface area contributed by atoms with Crippen LogP contribution in [0.4, 0.5) is 5.69 Å². The average molecular weight is 274 g/mol. The Kier molecular flexibility index (Phi) is 3.34. The van der Waals surface area contributed by atoms with Crippen molar-refractivity contribution in [2.24, 2.45) is 0 Å². The molecule has 0 aromatic heterocycles. The van der Waals surface area contributed by atoms with Crippen LogP contribution in [0.3, 0.4) is 0 Å². The minimum Gasteiger partial charge on any atom is -0.489 e. The molecule has 0 spiro atoms. The predicted octanol–water partition coefficient (Wildman–Crippen LogP) is 3.99. The number of anilines is 1. The highest BCUT2D eigenvalue weighted by Crippen LogP contribution is 2.27. The molecular weight excluding hydrogens is 258 g/mol. The van der Waals surface area contributed by atoms with Gasteiger partial charge in [0.05, 0.1) is 0 Å². The van der Waals surface area contributed by atoms with E-state index in [-0.39, 0.29) is 0 Å². The van der Waals surface area contributed by atoms with Crippen LogP contribution in [-0.4, -0.2) is 0 Å². The Morgan fingerprint density at radius 3 is 2.79 bits per heavy atom. The van der Waals surface area contributed by atoms with Gasteiger partial charge < -0.3 is 10.5 Å². The molecular formula is C16H16ClNO. The zero-order valence-corrected chi connectivity index (χ0v) is 11.4. The molecule has 0 unspecified atom stereocenters. The number of halogens is 1. The lowest BCUT2D eigenvalue weighted by molar-refractivity contribution is 0.306. The number of rotatable bonds is 3. The van der Waals surface area contributed by atoms with Crippen LogP contribution in [0.1, 0.15) is 23.1 Å². The van der Waals surface area contributed by atoms with Gasteiger partial charge in [0.15, 0.2) is 0 Å². The molecule has 3 rings (SSSR count). The van der Waals surface area contributed by atoms with E-state index in [2.05, 4.69) is 12.1 Å². The summed E-state index contributed by atoms with van der Waals surface area (Å²) in [5, 5.41) is 0.682. The van der Waals surface area contributed by atoms with Crippen LogP contribution in [0, 0.1) is 0 Å². The van der Waals surface area contributed by atoms with Crippen LogP contribution in [0.5, 0.6) is 5.75 Å². The van der Waals surface area contributed by atoms with Crippen molar-refractivity contribution in [3.63, 3.8) is 0 Å². The Bertz CT molecular complexity index is 610. The van der Waals surface area contributed by atoms with E-state index in [1.165, 1.54) is 24.0 Å². The quantitative estimate of drug-likeness (QED) is 0.858. The number of aryl methyl sites for hydroxylation is 2. The number of nitrogen functional groups attached to an aromatic ring is 1. The zero-order chi connectivity index (χ0) is 13.2. The van der Waals surface area contributed by atoms with Crippen LogP contribution >= 0.6 is 11.6 Å². The van der Waals surface area contributed by atoms with Crippen molar-refractivity contribution in [3.05, 3.63) is 58.1 Å². The summed E-state index contributed by atoms with van der Waals surface area (Å²) in [6.07, 6.45) is 3.60. The molecule has 19 heavy (non-hydrogen) atoms. The first-order valence-corrected chi connectivity index (χ1v) is 6.89. The number of ether oxygens (including phenoxy) is 1. The largest absolute Gasteiger partial charge is 0.489 e. The fourth-order valence-corrected chi connectivity index (χ4v) is 2.69. The van der Waals surface area contributed by atoms with E-state index in [0.717, 1.165) is 17.7 Å². The summed E-state index contributed by atoms with van der Waals surface area (Å²) in [5.74, 6) is 0.903. The van der Waals surface area contributed by atoms with Crippen LogP contribution in [-0.2, 0) is 19.4 Å². The minimum atomic E-state index is 0.450. The van der Waals surface area contributed by atoms with E-state index in [1.807, 2.05) is 18.2 Å². The van der Waals surface area contributed by atoms with Gasteiger partial charge in [-0.25, -0.2) is 0 Å². The molecule has 98 valence electrons. The smallest absolute Gasteiger partial charge is 0.120 e. The first-order chi connectivity index (χ1) is 9.22. The third-order valence-corrected chi connectivity index (χ3v) is 3.80. The SMILES string of the molecule is Nc1ccc(Cl)cc1COc1ccc2c(c1)CCC2. The third kappa shape index (κ3) is 2.69. The van der Waals surface area contributed by atoms with Gasteiger partial charge in [-0.3, -0.25) is 0 Å². The fraction of sp³-hybridized carbons (Fsp3) is 0.250. The first kappa shape index (κ1) is 12.4. The van der Waals surface area contributed by atoms with Crippen molar-refractivity contribution in [1.29, 1.82) is 0 Å². The second kappa shape index (κ2) is 5.14. The highest BCUT2D eigenvalue weighted by atomic mass is 35.5. The van der Waals surface area contributed by atoms with Crippen molar-refractivity contribution in [3.8, 4) is 5.75 Å². The zero-order valence-electron chi connectivity index (χ0n) is 10.7. The molecule has 2 aromatic rings. The summed E-state index contributed by atoms with van der Waals surface area (Å²) >= 11 is 5.96. The Balaban J connectivity index is 1.74. The van der Waals surface area contributed by atoms with Gasteiger partial charge in [-0.05, 0) is 60.7 Å². The molecule has 2 nitrogen and oxygen atoms in total. The first-order valence-electron chi connectivity index (χ1n) is 6.51. The van der Waals surface area contributed by atoms with Crippen molar-refractivity contribution in [2.75, 3.05) is 5.73 Å². The lowest BCUT2D eigenvalue weighted by Crippen LogP contribution is -2.00. The van der Waals surface area contributed by atoms with Gasteiger partial charge in [0.2, 0.25) is 0 Å². The highest BCUT2D eigenvalue weighted by Gasteiger charge is 2.11. The summed E-state index contributed by atoms with van der Waals surface area (Å²) < 4.78 is 5.81. The molecule has 1 aliphatic rings. The fourth-order valence-electron chi connectivity index (χ4n) is 2.50. The standard InChI is InChI=1S/C16H16ClNO/c17-14-5-7-16(18)13(8-14)10-19-15-6-4-11-2-1-3-12(11)9-15/h4-9H,1-3,10,18H2. The maximum absolute atomic E-state index is 5.96. The molecule has 2 aromatic carbocycles. The molecule has 0 aliphatic heterocycles. The van der Waals surface area contributed by atoms with Gasteiger partial charge >= 0.3 is 0 Å². The summed E-state index contributed by atoms with van der Waals surface area (Å²) in [7, 11) is 0. The lowest BCUT2D eigenvalue weighted by Gasteiger charge is -2.10. The molecule has 3 heteroatoms. The molecule has 0 amide bonds. The molecule has 0 radical (unpaired) electrons. The van der Waals surface area contributed by atoms with Crippen LogP contribution in [0.2, 0.25) is 5.02 Å². The molecule has 0 atom stereocenters. The molecule has 0 fully saturated rings. The van der Waals surface area contributed by atoms with Crippen molar-refractivity contribution >= 4 is 17.3 Å². The Hall–Kier alpha value is -1.67. The van der Waals surface area contributed by atoms with E-state index >= 15 is 0 Å². The van der Waals surface area contributed by atoms with Crippen LogP contribution < -0.4 is 10.5 Å². The molecule has 2 N–H and O–H groups in total. The number of benzene rings is 2. The van der Waals surface area contributed by atoms with E-state index < -0.39 is 0 Å². The molecule has 0 heterocycles. The summed E-state index contributed by atoms with van der Waals surface area (Å²) in [4.78, 5) is 0. The van der Waals surface area contributed by atoms with Crippen molar-refractivity contribution in [1.82, 2.24) is 0 Å². The minimum absolute atomic E-state index is 0.450.